The Kier molecular flexibility index (Phi) is 4.29. The molecule has 0 atom stereocenters. The Bertz CT molecular complexity index is 574. The van der Waals surface area contributed by atoms with E-state index in [1.54, 1.807) is 0 Å². The van der Waals surface area contributed by atoms with Crippen LogP contribution in [0.25, 0.3) is 11.1 Å². The first-order valence-corrected chi connectivity index (χ1v) is 7.27. The van der Waals surface area contributed by atoms with E-state index in [1.807, 2.05) is 7.05 Å². The van der Waals surface area contributed by atoms with Crippen LogP contribution in [-0.2, 0) is 12.0 Å². The molecule has 20 heavy (non-hydrogen) atoms. The molecule has 0 amide bonds. The Balaban J connectivity index is 2.38. The van der Waals surface area contributed by atoms with Crippen molar-refractivity contribution in [2.45, 2.75) is 39.7 Å². The summed E-state index contributed by atoms with van der Waals surface area (Å²) >= 11 is 0. The Morgan fingerprint density at radius 1 is 0.950 bits per heavy atom. The van der Waals surface area contributed by atoms with Crippen LogP contribution >= 0.6 is 0 Å². The van der Waals surface area contributed by atoms with E-state index in [0.717, 1.165) is 6.54 Å². The quantitative estimate of drug-likeness (QED) is 0.851. The van der Waals surface area contributed by atoms with Gasteiger partial charge in [-0.2, -0.15) is 0 Å². The van der Waals surface area contributed by atoms with Gasteiger partial charge in [0.25, 0.3) is 0 Å². The minimum Gasteiger partial charge on any atom is -0.316 e. The van der Waals surface area contributed by atoms with Crippen molar-refractivity contribution in [1.29, 1.82) is 0 Å². The monoisotopic (exact) mass is 267 g/mol. The zero-order chi connectivity index (χ0) is 14.8. The van der Waals surface area contributed by atoms with E-state index in [-0.39, 0.29) is 5.41 Å². The van der Waals surface area contributed by atoms with Gasteiger partial charge in [-0.3, -0.25) is 0 Å². The summed E-state index contributed by atoms with van der Waals surface area (Å²) in [6.45, 7) is 9.84. The predicted octanol–water partition coefficient (Wildman–Crippen LogP) is 4.68. The van der Waals surface area contributed by atoms with E-state index in [2.05, 4.69) is 75.5 Å². The molecule has 0 spiro atoms. The highest BCUT2D eigenvalue weighted by molar-refractivity contribution is 5.68. The second-order valence-electron chi connectivity index (χ2n) is 6.51. The molecule has 1 heteroatoms. The zero-order valence-corrected chi connectivity index (χ0v) is 13.2. The smallest absolute Gasteiger partial charge is 0.0202 e. The molecule has 0 aliphatic rings. The standard InChI is InChI=1S/C19H25N/c1-14-6-7-15(13-20-5)12-18(14)16-8-10-17(11-9-16)19(2,3)4/h6-12,20H,13H2,1-5H3. The number of benzene rings is 2. The van der Waals surface area contributed by atoms with Gasteiger partial charge in [0.05, 0.1) is 0 Å². The molecule has 0 fully saturated rings. The fraction of sp³-hybridized carbons (Fsp3) is 0.368. The lowest BCUT2D eigenvalue weighted by Gasteiger charge is -2.19. The largest absolute Gasteiger partial charge is 0.316 e. The van der Waals surface area contributed by atoms with Gasteiger partial charge in [0.2, 0.25) is 0 Å². The Morgan fingerprint density at radius 3 is 2.15 bits per heavy atom. The highest BCUT2D eigenvalue weighted by Crippen LogP contribution is 2.28. The molecule has 2 aromatic carbocycles. The summed E-state index contributed by atoms with van der Waals surface area (Å²) < 4.78 is 0. The summed E-state index contributed by atoms with van der Waals surface area (Å²) in [5, 5.41) is 3.21. The van der Waals surface area contributed by atoms with Crippen molar-refractivity contribution in [3.63, 3.8) is 0 Å². The lowest BCUT2D eigenvalue weighted by atomic mass is 9.86. The molecule has 0 heterocycles. The third-order valence-corrected chi connectivity index (χ3v) is 3.74. The minimum atomic E-state index is 0.210. The molecule has 0 aliphatic heterocycles. The van der Waals surface area contributed by atoms with E-state index in [0.29, 0.717) is 0 Å². The number of hydrogen-bond donors (Lipinski definition) is 1. The van der Waals surface area contributed by atoms with Crippen LogP contribution in [0.4, 0.5) is 0 Å². The molecular formula is C19H25N. The molecular weight excluding hydrogens is 242 g/mol. The van der Waals surface area contributed by atoms with Crippen LogP contribution < -0.4 is 5.32 Å². The summed E-state index contributed by atoms with van der Waals surface area (Å²) in [7, 11) is 1.98. The van der Waals surface area contributed by atoms with Crippen molar-refractivity contribution in [2.24, 2.45) is 0 Å². The van der Waals surface area contributed by atoms with Gasteiger partial charge in [0, 0.05) is 6.54 Å². The first-order chi connectivity index (χ1) is 9.41. The lowest BCUT2D eigenvalue weighted by molar-refractivity contribution is 0.590. The fourth-order valence-electron chi connectivity index (χ4n) is 2.44. The summed E-state index contributed by atoms with van der Waals surface area (Å²) in [6, 6.07) is 15.7. The number of nitrogens with one attached hydrogen (secondary N) is 1. The average molecular weight is 267 g/mol. The first-order valence-electron chi connectivity index (χ1n) is 7.27. The molecule has 1 N–H and O–H groups in total. The second kappa shape index (κ2) is 5.80. The fourth-order valence-corrected chi connectivity index (χ4v) is 2.44. The van der Waals surface area contributed by atoms with Crippen LogP contribution in [0.15, 0.2) is 42.5 Å². The van der Waals surface area contributed by atoms with E-state index in [4.69, 9.17) is 0 Å². The molecule has 0 saturated heterocycles. The topological polar surface area (TPSA) is 12.0 Å². The van der Waals surface area contributed by atoms with Gasteiger partial charge < -0.3 is 5.32 Å². The van der Waals surface area contributed by atoms with E-state index in [1.165, 1.54) is 27.8 Å². The highest BCUT2D eigenvalue weighted by Gasteiger charge is 2.13. The Morgan fingerprint density at radius 2 is 1.60 bits per heavy atom. The molecule has 0 aromatic heterocycles. The highest BCUT2D eigenvalue weighted by atomic mass is 14.8. The molecule has 0 saturated carbocycles. The average Bonchev–Trinajstić information content (AvgIpc) is 2.40. The third kappa shape index (κ3) is 3.29. The van der Waals surface area contributed by atoms with Crippen LogP contribution in [-0.4, -0.2) is 7.05 Å². The summed E-state index contributed by atoms with van der Waals surface area (Å²) in [5.74, 6) is 0. The molecule has 0 radical (unpaired) electrons. The van der Waals surface area contributed by atoms with Crippen molar-refractivity contribution >= 4 is 0 Å². The van der Waals surface area contributed by atoms with Gasteiger partial charge in [-0.25, -0.2) is 0 Å². The number of rotatable bonds is 3. The van der Waals surface area contributed by atoms with Crippen LogP contribution in [0.1, 0.15) is 37.5 Å². The van der Waals surface area contributed by atoms with Crippen molar-refractivity contribution in [1.82, 2.24) is 5.32 Å². The van der Waals surface area contributed by atoms with Crippen LogP contribution in [0, 0.1) is 6.92 Å². The van der Waals surface area contributed by atoms with Crippen molar-refractivity contribution in [3.05, 3.63) is 59.2 Å². The summed E-state index contributed by atoms with van der Waals surface area (Å²) in [5.41, 5.74) is 6.87. The second-order valence-corrected chi connectivity index (χ2v) is 6.51. The van der Waals surface area contributed by atoms with Gasteiger partial charge >= 0.3 is 0 Å². The molecule has 0 aliphatic carbocycles. The van der Waals surface area contributed by atoms with E-state index >= 15 is 0 Å². The molecule has 1 nitrogen and oxygen atoms in total. The Hall–Kier alpha value is -1.60. The van der Waals surface area contributed by atoms with Crippen LogP contribution in [0.5, 0.6) is 0 Å². The summed E-state index contributed by atoms with van der Waals surface area (Å²) in [4.78, 5) is 0. The molecule has 0 unspecified atom stereocenters. The minimum absolute atomic E-state index is 0.210. The maximum atomic E-state index is 3.21. The van der Waals surface area contributed by atoms with Gasteiger partial charge in [-0.15, -0.1) is 0 Å². The Labute approximate surface area is 123 Å². The normalized spacial score (nSPS) is 11.7. The molecule has 2 rings (SSSR count). The number of hydrogen-bond acceptors (Lipinski definition) is 1. The molecule has 106 valence electrons. The number of aryl methyl sites for hydroxylation is 1. The van der Waals surface area contributed by atoms with Crippen molar-refractivity contribution < 1.29 is 0 Å². The van der Waals surface area contributed by atoms with Gasteiger partial charge in [0.15, 0.2) is 0 Å². The van der Waals surface area contributed by atoms with Gasteiger partial charge in [-0.1, -0.05) is 57.2 Å². The molecule has 2 aromatic rings. The van der Waals surface area contributed by atoms with Gasteiger partial charge in [0.1, 0.15) is 0 Å². The van der Waals surface area contributed by atoms with Crippen LogP contribution in [0.3, 0.4) is 0 Å². The zero-order valence-electron chi connectivity index (χ0n) is 13.2. The lowest BCUT2D eigenvalue weighted by Crippen LogP contribution is -2.10. The summed E-state index contributed by atoms with van der Waals surface area (Å²) in [6.07, 6.45) is 0. The predicted molar refractivity (Wildman–Crippen MR) is 88.1 cm³/mol. The van der Waals surface area contributed by atoms with Crippen molar-refractivity contribution in [3.8, 4) is 11.1 Å². The molecule has 0 bridgehead atoms. The van der Waals surface area contributed by atoms with E-state index in [9.17, 15) is 0 Å². The van der Waals surface area contributed by atoms with E-state index < -0.39 is 0 Å². The van der Waals surface area contributed by atoms with Crippen molar-refractivity contribution in [2.75, 3.05) is 7.05 Å². The maximum absolute atomic E-state index is 3.21. The SMILES string of the molecule is CNCc1ccc(C)c(-c2ccc(C(C)(C)C)cc2)c1. The maximum Gasteiger partial charge on any atom is 0.0202 e. The van der Waals surface area contributed by atoms with Gasteiger partial charge in [-0.05, 0) is 53.3 Å². The first kappa shape index (κ1) is 14.8. The van der Waals surface area contributed by atoms with Crippen LogP contribution in [0.2, 0.25) is 0 Å². The third-order valence-electron chi connectivity index (χ3n) is 3.74.